The highest BCUT2D eigenvalue weighted by atomic mass is 16.3. The third-order valence-corrected chi connectivity index (χ3v) is 3.04. The summed E-state index contributed by atoms with van der Waals surface area (Å²) in [5.41, 5.74) is 1.32. The topological polar surface area (TPSA) is 28.4 Å². The molecular weight excluding hydrogens is 212 g/mol. The number of hydrogen-bond donors (Lipinski definition) is 1. The van der Waals surface area contributed by atoms with Gasteiger partial charge in [-0.15, -0.1) is 0 Å². The molecule has 3 nitrogen and oxygen atoms in total. The molecule has 1 aromatic rings. The normalized spacial score (nSPS) is 11.7. The summed E-state index contributed by atoms with van der Waals surface area (Å²) in [4.78, 5) is 2.49. The van der Waals surface area contributed by atoms with Gasteiger partial charge in [-0.3, -0.25) is 4.90 Å². The maximum Gasteiger partial charge on any atom is 0.118 e. The highest BCUT2D eigenvalue weighted by Gasteiger charge is 2.13. The van der Waals surface area contributed by atoms with Crippen LogP contribution in [-0.4, -0.2) is 24.5 Å². The summed E-state index contributed by atoms with van der Waals surface area (Å²) in [7, 11) is 1.94. The van der Waals surface area contributed by atoms with Crippen molar-refractivity contribution in [2.24, 2.45) is 0 Å². The smallest absolute Gasteiger partial charge is 0.118 e. The molecule has 0 aliphatic carbocycles. The van der Waals surface area contributed by atoms with Crippen LogP contribution in [0.1, 0.15) is 44.3 Å². The predicted octanol–water partition coefficient (Wildman–Crippen LogP) is 2.93. The maximum absolute atomic E-state index is 5.72. The minimum Gasteiger partial charge on any atom is -0.465 e. The van der Waals surface area contributed by atoms with Gasteiger partial charge in [-0.05, 0) is 46.9 Å². The van der Waals surface area contributed by atoms with Gasteiger partial charge in [0, 0.05) is 18.2 Å². The molecule has 17 heavy (non-hydrogen) atoms. The summed E-state index contributed by atoms with van der Waals surface area (Å²) in [5.74, 6) is 2.08. The van der Waals surface area contributed by atoms with Crippen LogP contribution in [0.15, 0.2) is 10.5 Å². The summed E-state index contributed by atoms with van der Waals surface area (Å²) in [6.45, 7) is 11.7. The number of furan rings is 1. The molecule has 0 amide bonds. The van der Waals surface area contributed by atoms with Crippen LogP contribution >= 0.6 is 0 Å². The van der Waals surface area contributed by atoms with Gasteiger partial charge in [-0.2, -0.15) is 0 Å². The Morgan fingerprint density at radius 2 is 2.12 bits per heavy atom. The van der Waals surface area contributed by atoms with Crippen LogP contribution in [0.25, 0.3) is 0 Å². The minimum atomic E-state index is 0.581. The summed E-state index contributed by atoms with van der Waals surface area (Å²) in [6, 6.07) is 2.76. The molecule has 1 heterocycles. The third kappa shape index (κ3) is 4.17. The molecule has 0 atom stereocenters. The number of nitrogens with one attached hydrogen (secondary N) is 1. The first-order valence-electron chi connectivity index (χ1n) is 6.55. The molecule has 1 N–H and O–H groups in total. The standard InChI is InChI=1S/C14H26N2O/c1-6-7-16(11(2)3)10-13-8-14(9-15-5)17-12(13)4/h8,11,15H,6-7,9-10H2,1-5H3. The Morgan fingerprint density at radius 1 is 1.41 bits per heavy atom. The van der Waals surface area contributed by atoms with E-state index in [1.54, 1.807) is 0 Å². The Kier molecular flexibility index (Phi) is 5.72. The quantitative estimate of drug-likeness (QED) is 0.791. The third-order valence-electron chi connectivity index (χ3n) is 3.04. The van der Waals surface area contributed by atoms with E-state index in [-0.39, 0.29) is 0 Å². The average molecular weight is 238 g/mol. The van der Waals surface area contributed by atoms with Crippen molar-refractivity contribution >= 4 is 0 Å². The fourth-order valence-electron chi connectivity index (χ4n) is 2.03. The number of aryl methyl sites for hydroxylation is 1. The van der Waals surface area contributed by atoms with Crippen LogP contribution in [0.3, 0.4) is 0 Å². The molecule has 0 aliphatic heterocycles. The van der Waals surface area contributed by atoms with E-state index in [1.807, 2.05) is 7.05 Å². The summed E-state index contributed by atoms with van der Waals surface area (Å²) in [5, 5.41) is 3.12. The summed E-state index contributed by atoms with van der Waals surface area (Å²) < 4.78 is 5.72. The lowest BCUT2D eigenvalue weighted by atomic mass is 10.2. The lowest BCUT2D eigenvalue weighted by Crippen LogP contribution is -2.31. The molecular formula is C14H26N2O. The van der Waals surface area contributed by atoms with Crippen molar-refractivity contribution in [2.45, 2.75) is 53.2 Å². The molecule has 0 aliphatic rings. The van der Waals surface area contributed by atoms with Crippen molar-refractivity contribution in [1.29, 1.82) is 0 Å². The second-order valence-corrected chi connectivity index (χ2v) is 4.89. The van der Waals surface area contributed by atoms with E-state index in [4.69, 9.17) is 4.42 Å². The molecule has 0 aromatic carbocycles. The zero-order valence-corrected chi connectivity index (χ0v) is 11.8. The fraction of sp³-hybridized carbons (Fsp3) is 0.714. The van der Waals surface area contributed by atoms with Gasteiger partial charge in [0.2, 0.25) is 0 Å². The monoisotopic (exact) mass is 238 g/mol. The van der Waals surface area contributed by atoms with E-state index in [0.717, 1.165) is 31.2 Å². The van der Waals surface area contributed by atoms with Crippen molar-refractivity contribution in [2.75, 3.05) is 13.6 Å². The zero-order chi connectivity index (χ0) is 12.8. The van der Waals surface area contributed by atoms with E-state index < -0.39 is 0 Å². The first-order valence-corrected chi connectivity index (χ1v) is 6.55. The van der Waals surface area contributed by atoms with Gasteiger partial charge in [-0.1, -0.05) is 6.92 Å². The zero-order valence-electron chi connectivity index (χ0n) is 11.8. The van der Waals surface area contributed by atoms with Gasteiger partial charge in [0.25, 0.3) is 0 Å². The Labute approximate surface area is 105 Å². The van der Waals surface area contributed by atoms with Crippen molar-refractivity contribution in [1.82, 2.24) is 10.2 Å². The van der Waals surface area contributed by atoms with Crippen LogP contribution in [0, 0.1) is 6.92 Å². The Balaban J connectivity index is 2.71. The van der Waals surface area contributed by atoms with Gasteiger partial charge < -0.3 is 9.73 Å². The molecule has 0 saturated heterocycles. The summed E-state index contributed by atoms with van der Waals surface area (Å²) >= 11 is 0. The van der Waals surface area contributed by atoms with Crippen molar-refractivity contribution in [3.63, 3.8) is 0 Å². The van der Waals surface area contributed by atoms with E-state index in [1.165, 1.54) is 12.0 Å². The molecule has 0 spiro atoms. The van der Waals surface area contributed by atoms with Crippen LogP contribution in [0.4, 0.5) is 0 Å². The van der Waals surface area contributed by atoms with Crippen molar-refractivity contribution < 1.29 is 4.42 Å². The number of hydrogen-bond acceptors (Lipinski definition) is 3. The fourth-order valence-corrected chi connectivity index (χ4v) is 2.03. The Morgan fingerprint density at radius 3 is 2.65 bits per heavy atom. The van der Waals surface area contributed by atoms with E-state index >= 15 is 0 Å². The van der Waals surface area contributed by atoms with Gasteiger partial charge in [0.15, 0.2) is 0 Å². The van der Waals surface area contributed by atoms with E-state index in [9.17, 15) is 0 Å². The molecule has 0 unspecified atom stereocenters. The van der Waals surface area contributed by atoms with E-state index in [0.29, 0.717) is 6.04 Å². The van der Waals surface area contributed by atoms with Crippen molar-refractivity contribution in [3.05, 3.63) is 23.2 Å². The van der Waals surface area contributed by atoms with Crippen molar-refractivity contribution in [3.8, 4) is 0 Å². The van der Waals surface area contributed by atoms with Crippen LogP contribution < -0.4 is 5.32 Å². The van der Waals surface area contributed by atoms with Crippen LogP contribution in [0.2, 0.25) is 0 Å². The minimum absolute atomic E-state index is 0.581. The molecule has 0 radical (unpaired) electrons. The summed E-state index contributed by atoms with van der Waals surface area (Å²) in [6.07, 6.45) is 1.19. The second-order valence-electron chi connectivity index (χ2n) is 4.89. The number of nitrogens with zero attached hydrogens (tertiary/aromatic N) is 1. The Bertz CT molecular complexity index is 331. The van der Waals surface area contributed by atoms with Crippen LogP contribution in [0.5, 0.6) is 0 Å². The molecule has 0 fully saturated rings. The lowest BCUT2D eigenvalue weighted by Gasteiger charge is -2.25. The molecule has 3 heteroatoms. The SMILES string of the molecule is CCCN(Cc1cc(CNC)oc1C)C(C)C. The molecule has 0 bridgehead atoms. The van der Waals surface area contributed by atoms with Gasteiger partial charge >= 0.3 is 0 Å². The predicted molar refractivity (Wildman–Crippen MR) is 72.0 cm³/mol. The first kappa shape index (κ1) is 14.3. The van der Waals surface area contributed by atoms with Gasteiger partial charge in [0.1, 0.15) is 11.5 Å². The lowest BCUT2D eigenvalue weighted by molar-refractivity contribution is 0.212. The highest BCUT2D eigenvalue weighted by molar-refractivity contribution is 5.20. The average Bonchev–Trinajstić information content (AvgIpc) is 2.59. The highest BCUT2D eigenvalue weighted by Crippen LogP contribution is 2.18. The first-order chi connectivity index (χ1) is 8.08. The second kappa shape index (κ2) is 6.82. The maximum atomic E-state index is 5.72. The van der Waals surface area contributed by atoms with E-state index in [2.05, 4.69) is 44.0 Å². The van der Waals surface area contributed by atoms with Gasteiger partial charge in [0.05, 0.1) is 6.54 Å². The van der Waals surface area contributed by atoms with Crippen LogP contribution in [-0.2, 0) is 13.1 Å². The molecule has 1 aromatic heterocycles. The number of rotatable bonds is 7. The van der Waals surface area contributed by atoms with Gasteiger partial charge in [-0.25, -0.2) is 0 Å². The molecule has 98 valence electrons. The molecule has 1 rings (SSSR count). The molecule has 0 saturated carbocycles. The largest absolute Gasteiger partial charge is 0.465 e. The Hall–Kier alpha value is -0.800.